The predicted octanol–water partition coefficient (Wildman–Crippen LogP) is 1.49. The van der Waals surface area contributed by atoms with Crippen LogP contribution in [0.5, 0.6) is 0 Å². The van der Waals surface area contributed by atoms with E-state index in [-0.39, 0.29) is 12.2 Å². The van der Waals surface area contributed by atoms with E-state index in [1.165, 1.54) is 0 Å². The molecule has 62 valence electrons. The summed E-state index contributed by atoms with van der Waals surface area (Å²) >= 11 is 11.1. The van der Waals surface area contributed by atoms with Gasteiger partial charge in [0, 0.05) is 14.2 Å². The average Bonchev–Trinajstić information content (AvgIpc) is 2.00. The van der Waals surface area contributed by atoms with Crippen molar-refractivity contribution in [2.75, 3.05) is 26.0 Å². The van der Waals surface area contributed by atoms with Gasteiger partial charge in [-0.25, -0.2) is 0 Å². The molecule has 0 aromatic heterocycles. The van der Waals surface area contributed by atoms with E-state index < -0.39 is 0 Å². The monoisotopic (exact) mass is 186 g/mol. The third-order valence-corrected chi connectivity index (χ3v) is 1.93. The molecule has 0 N–H and O–H groups in total. The van der Waals surface area contributed by atoms with Crippen LogP contribution in [-0.4, -0.2) is 38.2 Å². The van der Waals surface area contributed by atoms with E-state index in [0.29, 0.717) is 11.8 Å². The van der Waals surface area contributed by atoms with Crippen LogP contribution in [0.2, 0.25) is 0 Å². The van der Waals surface area contributed by atoms with E-state index in [9.17, 15) is 0 Å². The molecule has 4 heteroatoms. The molecule has 0 spiro atoms. The largest absolute Gasteiger partial charge is 0.377 e. The van der Waals surface area contributed by atoms with Crippen LogP contribution >= 0.6 is 23.2 Å². The number of ether oxygens (including phenoxy) is 2. The molecule has 0 aliphatic heterocycles. The number of hydrogen-bond donors (Lipinski definition) is 0. The highest BCUT2D eigenvalue weighted by Gasteiger charge is 2.18. The molecule has 0 aliphatic rings. The lowest BCUT2D eigenvalue weighted by atomic mass is 10.2. The van der Waals surface area contributed by atoms with E-state index in [2.05, 4.69) is 0 Å². The fraction of sp³-hybridized carbons (Fsp3) is 1.00. The van der Waals surface area contributed by atoms with Crippen LogP contribution in [0, 0.1) is 0 Å². The highest BCUT2D eigenvalue weighted by Crippen LogP contribution is 2.06. The first-order valence-corrected chi connectivity index (χ1v) is 4.04. The van der Waals surface area contributed by atoms with Crippen LogP contribution in [0.4, 0.5) is 0 Å². The topological polar surface area (TPSA) is 18.5 Å². The van der Waals surface area contributed by atoms with E-state index in [1.807, 2.05) is 0 Å². The third-order valence-electron chi connectivity index (χ3n) is 1.32. The highest BCUT2D eigenvalue weighted by molar-refractivity contribution is 6.19. The maximum atomic E-state index is 5.56. The molecule has 0 rings (SSSR count). The predicted molar refractivity (Wildman–Crippen MR) is 43.0 cm³/mol. The second-order valence-corrected chi connectivity index (χ2v) is 2.47. The fourth-order valence-corrected chi connectivity index (χ4v) is 1.28. The summed E-state index contributed by atoms with van der Waals surface area (Å²) in [4.78, 5) is 0. The molecule has 0 aromatic carbocycles. The minimum absolute atomic E-state index is 0.107. The SMILES string of the molecule is CO[C@@H](CCl)[C@H](CCl)OC. The molecule has 2 nitrogen and oxygen atoms in total. The summed E-state index contributed by atoms with van der Waals surface area (Å²) in [5.41, 5.74) is 0. The van der Waals surface area contributed by atoms with Crippen molar-refractivity contribution in [3.63, 3.8) is 0 Å². The number of alkyl halides is 2. The van der Waals surface area contributed by atoms with Gasteiger partial charge >= 0.3 is 0 Å². The van der Waals surface area contributed by atoms with Gasteiger partial charge in [0.2, 0.25) is 0 Å². The molecule has 2 atom stereocenters. The van der Waals surface area contributed by atoms with Crippen LogP contribution in [0.15, 0.2) is 0 Å². The summed E-state index contributed by atoms with van der Waals surface area (Å²) in [6, 6.07) is 0. The van der Waals surface area contributed by atoms with Gasteiger partial charge in [-0.05, 0) is 0 Å². The summed E-state index contributed by atoms with van der Waals surface area (Å²) in [6.07, 6.45) is -0.215. The Bertz CT molecular complexity index is 62.1. The smallest absolute Gasteiger partial charge is 0.0979 e. The summed E-state index contributed by atoms with van der Waals surface area (Å²) < 4.78 is 10.0. The van der Waals surface area contributed by atoms with Gasteiger partial charge in [-0.1, -0.05) is 0 Å². The van der Waals surface area contributed by atoms with Crippen LogP contribution in [-0.2, 0) is 9.47 Å². The molecule has 0 unspecified atom stereocenters. The van der Waals surface area contributed by atoms with Gasteiger partial charge in [-0.3, -0.25) is 0 Å². The zero-order valence-electron chi connectivity index (χ0n) is 6.14. The quantitative estimate of drug-likeness (QED) is 0.607. The van der Waals surface area contributed by atoms with Crippen LogP contribution in [0.25, 0.3) is 0 Å². The molecule has 0 aromatic rings. The molecule has 10 heavy (non-hydrogen) atoms. The first-order valence-electron chi connectivity index (χ1n) is 2.97. The Hall–Kier alpha value is 0.500. The first-order chi connectivity index (χ1) is 4.79. The fourth-order valence-electron chi connectivity index (χ4n) is 0.628. The lowest BCUT2D eigenvalue weighted by Crippen LogP contribution is -2.32. The van der Waals surface area contributed by atoms with Gasteiger partial charge in [0.1, 0.15) is 0 Å². The highest BCUT2D eigenvalue weighted by atomic mass is 35.5. The molecular formula is C6H12Cl2O2. The van der Waals surface area contributed by atoms with Crippen molar-refractivity contribution in [2.24, 2.45) is 0 Å². The minimum Gasteiger partial charge on any atom is -0.377 e. The number of methoxy groups -OCH3 is 2. The Labute approximate surface area is 71.4 Å². The Balaban J connectivity index is 3.70. The van der Waals surface area contributed by atoms with Crippen molar-refractivity contribution < 1.29 is 9.47 Å². The van der Waals surface area contributed by atoms with Gasteiger partial charge in [-0.15, -0.1) is 23.2 Å². The van der Waals surface area contributed by atoms with Crippen LogP contribution < -0.4 is 0 Å². The van der Waals surface area contributed by atoms with Crippen molar-refractivity contribution in [2.45, 2.75) is 12.2 Å². The molecule has 0 amide bonds. The molecule has 0 saturated heterocycles. The Morgan fingerprint density at radius 1 is 1.00 bits per heavy atom. The molecular weight excluding hydrogens is 175 g/mol. The van der Waals surface area contributed by atoms with Gasteiger partial charge in [0.25, 0.3) is 0 Å². The zero-order valence-corrected chi connectivity index (χ0v) is 7.65. The number of rotatable bonds is 5. The molecule has 0 heterocycles. The second kappa shape index (κ2) is 6.23. The van der Waals surface area contributed by atoms with Crippen molar-refractivity contribution in [1.29, 1.82) is 0 Å². The van der Waals surface area contributed by atoms with Crippen molar-refractivity contribution in [3.8, 4) is 0 Å². The summed E-state index contributed by atoms with van der Waals surface area (Å²) in [5, 5.41) is 0. The normalized spacial score (nSPS) is 16.8. The lowest BCUT2D eigenvalue weighted by Gasteiger charge is -2.20. The molecule has 0 saturated carbocycles. The van der Waals surface area contributed by atoms with Gasteiger partial charge in [0.05, 0.1) is 24.0 Å². The summed E-state index contributed by atoms with van der Waals surface area (Å²) in [6.45, 7) is 0. The van der Waals surface area contributed by atoms with E-state index in [0.717, 1.165) is 0 Å². The Kier molecular flexibility index (Phi) is 6.54. The van der Waals surface area contributed by atoms with Crippen molar-refractivity contribution in [1.82, 2.24) is 0 Å². The lowest BCUT2D eigenvalue weighted by molar-refractivity contribution is -0.0119. The number of halogens is 2. The second-order valence-electron chi connectivity index (χ2n) is 1.86. The minimum atomic E-state index is -0.107. The van der Waals surface area contributed by atoms with E-state index >= 15 is 0 Å². The van der Waals surface area contributed by atoms with E-state index in [1.54, 1.807) is 14.2 Å². The average molecular weight is 187 g/mol. The standard InChI is InChI=1S/C6H12Cl2O2/c1-9-5(3-7)6(4-8)10-2/h5-6H,3-4H2,1-2H3/t5-,6-/m0/s1. The molecule has 0 aliphatic carbocycles. The molecule has 0 radical (unpaired) electrons. The van der Waals surface area contributed by atoms with Crippen molar-refractivity contribution >= 4 is 23.2 Å². The maximum Gasteiger partial charge on any atom is 0.0979 e. The maximum absolute atomic E-state index is 5.56. The summed E-state index contributed by atoms with van der Waals surface area (Å²) in [7, 11) is 3.18. The van der Waals surface area contributed by atoms with E-state index in [4.69, 9.17) is 32.7 Å². The van der Waals surface area contributed by atoms with Crippen molar-refractivity contribution in [3.05, 3.63) is 0 Å². The first kappa shape index (κ1) is 10.5. The van der Waals surface area contributed by atoms with Gasteiger partial charge in [0.15, 0.2) is 0 Å². The molecule has 0 fully saturated rings. The Morgan fingerprint density at radius 2 is 1.30 bits per heavy atom. The summed E-state index contributed by atoms with van der Waals surface area (Å²) in [5.74, 6) is 0.809. The number of hydrogen-bond acceptors (Lipinski definition) is 2. The third kappa shape index (κ3) is 3.06. The molecule has 0 bridgehead atoms. The van der Waals surface area contributed by atoms with Crippen LogP contribution in [0.3, 0.4) is 0 Å². The Morgan fingerprint density at radius 3 is 1.40 bits per heavy atom. The van der Waals surface area contributed by atoms with Gasteiger partial charge < -0.3 is 9.47 Å². The zero-order chi connectivity index (χ0) is 7.98. The van der Waals surface area contributed by atoms with Crippen LogP contribution in [0.1, 0.15) is 0 Å². The van der Waals surface area contributed by atoms with Gasteiger partial charge in [-0.2, -0.15) is 0 Å².